The number of nitrogens with zero attached hydrogens (tertiary/aromatic N) is 2. The van der Waals surface area contributed by atoms with Crippen LogP contribution in [0.3, 0.4) is 0 Å². The summed E-state index contributed by atoms with van der Waals surface area (Å²) < 4.78 is 14.5. The van der Waals surface area contributed by atoms with Gasteiger partial charge in [0.25, 0.3) is 0 Å². The molecule has 0 bridgehead atoms. The van der Waals surface area contributed by atoms with Crippen molar-refractivity contribution in [2.45, 2.75) is 0 Å². The van der Waals surface area contributed by atoms with Crippen LogP contribution in [0.15, 0.2) is 155 Å². The Morgan fingerprint density at radius 3 is 1.91 bits per heavy atom. The third-order valence-electron chi connectivity index (χ3n) is 9.05. The van der Waals surface area contributed by atoms with E-state index in [-0.39, 0.29) is 0 Å². The van der Waals surface area contributed by atoms with Gasteiger partial charge >= 0.3 is 0 Å². The number of hydrogen-bond acceptors (Lipinski definition) is 3. The van der Waals surface area contributed by atoms with Gasteiger partial charge in [-0.1, -0.05) is 66.7 Å². The fourth-order valence-electron chi connectivity index (χ4n) is 6.94. The fourth-order valence-corrected chi connectivity index (χ4v) is 6.94. The summed E-state index contributed by atoms with van der Waals surface area (Å²) in [5.74, 6) is 0. The van der Waals surface area contributed by atoms with Crippen molar-refractivity contribution < 1.29 is 8.83 Å². The summed E-state index contributed by atoms with van der Waals surface area (Å²) in [5.41, 5.74) is 12.5. The largest absolute Gasteiger partial charge is 0.456 e. The summed E-state index contributed by atoms with van der Waals surface area (Å²) in [6.07, 6.45) is 1.82. The summed E-state index contributed by atoms with van der Waals surface area (Å²) in [6.45, 7) is 0. The van der Waals surface area contributed by atoms with Crippen LogP contribution in [0.2, 0.25) is 0 Å². The molecular formula is C41H24N2O2. The Kier molecular flexibility index (Phi) is 4.96. The van der Waals surface area contributed by atoms with Crippen LogP contribution < -0.4 is 0 Å². The lowest BCUT2D eigenvalue weighted by molar-refractivity contribution is 0.668. The average Bonchev–Trinajstić information content (AvgIpc) is 3.77. The lowest BCUT2D eigenvalue weighted by Gasteiger charge is -2.11. The van der Waals surface area contributed by atoms with E-state index in [1.165, 1.54) is 32.9 Å². The van der Waals surface area contributed by atoms with E-state index >= 15 is 0 Å². The summed E-state index contributed by atoms with van der Waals surface area (Å²) in [4.78, 5) is 4.58. The van der Waals surface area contributed by atoms with Crippen molar-refractivity contribution in [1.29, 1.82) is 0 Å². The molecule has 10 aromatic rings. The highest BCUT2D eigenvalue weighted by Gasteiger charge is 2.15. The number of aromatic nitrogens is 2. The second kappa shape index (κ2) is 9.18. The van der Waals surface area contributed by atoms with E-state index in [1.807, 2.05) is 36.5 Å². The van der Waals surface area contributed by atoms with Gasteiger partial charge in [0.05, 0.1) is 11.0 Å². The zero-order valence-electron chi connectivity index (χ0n) is 24.1. The molecule has 0 fully saturated rings. The molecule has 0 amide bonds. The van der Waals surface area contributed by atoms with Crippen LogP contribution in [-0.2, 0) is 0 Å². The SMILES string of the molecule is c1cc(-c2ccc3oc4cccnc4c3c2)cc(-n2c3ccccc3c3cc(-c4ccc5oc6ccccc6c5c4)ccc32)c1. The Balaban J connectivity index is 1.13. The Morgan fingerprint density at radius 2 is 1.02 bits per heavy atom. The number of para-hydroxylation sites is 2. The van der Waals surface area contributed by atoms with Crippen molar-refractivity contribution in [3.63, 3.8) is 0 Å². The number of furan rings is 2. The van der Waals surface area contributed by atoms with Crippen LogP contribution in [0.1, 0.15) is 0 Å². The molecule has 4 nitrogen and oxygen atoms in total. The van der Waals surface area contributed by atoms with E-state index in [0.29, 0.717) is 0 Å². The molecule has 0 N–H and O–H groups in total. The molecular weight excluding hydrogens is 552 g/mol. The maximum atomic E-state index is 6.09. The fraction of sp³-hybridized carbons (Fsp3) is 0. The van der Waals surface area contributed by atoms with Crippen molar-refractivity contribution >= 4 is 65.8 Å². The van der Waals surface area contributed by atoms with Crippen LogP contribution in [0.25, 0.3) is 93.8 Å². The molecule has 0 spiro atoms. The molecule has 10 rings (SSSR count). The van der Waals surface area contributed by atoms with E-state index < -0.39 is 0 Å². The number of benzene rings is 6. The van der Waals surface area contributed by atoms with Gasteiger partial charge in [0.15, 0.2) is 5.58 Å². The van der Waals surface area contributed by atoms with Crippen LogP contribution in [0.4, 0.5) is 0 Å². The Bertz CT molecular complexity index is 2780. The summed E-state index contributed by atoms with van der Waals surface area (Å²) in [5, 5.41) is 5.76. The van der Waals surface area contributed by atoms with Gasteiger partial charge in [-0.15, -0.1) is 0 Å². The van der Waals surface area contributed by atoms with Crippen LogP contribution in [0.5, 0.6) is 0 Å². The molecule has 0 atom stereocenters. The van der Waals surface area contributed by atoms with Crippen LogP contribution in [0, 0.1) is 0 Å². The van der Waals surface area contributed by atoms with Gasteiger partial charge in [-0.2, -0.15) is 0 Å². The summed E-state index contributed by atoms with van der Waals surface area (Å²) in [7, 11) is 0. The van der Waals surface area contributed by atoms with Gasteiger partial charge in [-0.3, -0.25) is 4.98 Å². The predicted octanol–water partition coefficient (Wildman–Crippen LogP) is 11.3. The highest BCUT2D eigenvalue weighted by molar-refractivity contribution is 6.11. The zero-order chi connectivity index (χ0) is 29.5. The normalized spacial score (nSPS) is 12.0. The van der Waals surface area contributed by atoms with Crippen molar-refractivity contribution in [2.75, 3.05) is 0 Å². The number of fused-ring (bicyclic) bond motifs is 9. The van der Waals surface area contributed by atoms with Crippen molar-refractivity contribution in [2.24, 2.45) is 0 Å². The number of hydrogen-bond donors (Lipinski definition) is 0. The predicted molar refractivity (Wildman–Crippen MR) is 184 cm³/mol. The van der Waals surface area contributed by atoms with E-state index in [2.05, 4.69) is 119 Å². The van der Waals surface area contributed by atoms with Gasteiger partial charge in [-0.05, 0) is 95.1 Å². The lowest BCUT2D eigenvalue weighted by Crippen LogP contribution is -1.94. The summed E-state index contributed by atoms with van der Waals surface area (Å²) in [6, 6.07) is 49.2. The molecule has 210 valence electrons. The maximum Gasteiger partial charge on any atom is 0.153 e. The molecule has 0 aliphatic rings. The van der Waals surface area contributed by atoms with E-state index in [4.69, 9.17) is 8.83 Å². The molecule has 0 aliphatic carbocycles. The highest BCUT2D eigenvalue weighted by atomic mass is 16.3. The topological polar surface area (TPSA) is 44.1 Å². The first-order valence-corrected chi connectivity index (χ1v) is 15.1. The molecule has 4 aromatic heterocycles. The quantitative estimate of drug-likeness (QED) is 0.210. The molecule has 6 aromatic carbocycles. The van der Waals surface area contributed by atoms with Crippen LogP contribution in [-0.4, -0.2) is 9.55 Å². The van der Waals surface area contributed by atoms with Crippen molar-refractivity contribution in [3.8, 4) is 27.9 Å². The number of rotatable bonds is 3. The monoisotopic (exact) mass is 576 g/mol. The second-order valence-corrected chi connectivity index (χ2v) is 11.6. The zero-order valence-corrected chi connectivity index (χ0v) is 24.1. The van der Waals surface area contributed by atoms with Gasteiger partial charge in [0.2, 0.25) is 0 Å². The minimum Gasteiger partial charge on any atom is -0.456 e. The number of pyridine rings is 1. The Morgan fingerprint density at radius 1 is 0.400 bits per heavy atom. The molecule has 0 radical (unpaired) electrons. The maximum absolute atomic E-state index is 6.09. The molecule has 0 saturated heterocycles. The Hall–Kier alpha value is -6.13. The average molecular weight is 577 g/mol. The first-order valence-electron chi connectivity index (χ1n) is 15.1. The molecule has 45 heavy (non-hydrogen) atoms. The van der Waals surface area contributed by atoms with Crippen molar-refractivity contribution in [3.05, 3.63) is 146 Å². The van der Waals surface area contributed by atoms with Gasteiger partial charge < -0.3 is 13.4 Å². The second-order valence-electron chi connectivity index (χ2n) is 11.6. The molecule has 4 heteroatoms. The van der Waals surface area contributed by atoms with E-state index in [1.54, 1.807) is 0 Å². The molecule has 0 unspecified atom stereocenters. The van der Waals surface area contributed by atoms with Gasteiger partial charge in [-0.25, -0.2) is 0 Å². The summed E-state index contributed by atoms with van der Waals surface area (Å²) >= 11 is 0. The third kappa shape index (κ3) is 3.63. The van der Waals surface area contributed by atoms with Crippen molar-refractivity contribution in [1.82, 2.24) is 9.55 Å². The lowest BCUT2D eigenvalue weighted by atomic mass is 10.0. The smallest absolute Gasteiger partial charge is 0.153 e. The molecule has 4 heterocycles. The minimum atomic E-state index is 0.807. The standard InChI is InChI=1S/C41H24N2O2/c1-3-11-35-30(9-1)32-22-26(27-15-18-38-33(23-27)31-10-2-4-12-37(31)44-38)14-17-36(32)43(35)29-8-5-7-25(21-29)28-16-19-39-34(24-28)41-40(45-39)13-6-20-42-41/h1-24H. The highest BCUT2D eigenvalue weighted by Crippen LogP contribution is 2.38. The Labute approximate surface area is 257 Å². The van der Waals surface area contributed by atoms with E-state index in [0.717, 1.165) is 60.8 Å². The van der Waals surface area contributed by atoms with Crippen LogP contribution >= 0.6 is 0 Å². The first-order chi connectivity index (χ1) is 22.3. The van der Waals surface area contributed by atoms with E-state index in [9.17, 15) is 0 Å². The molecule has 0 saturated carbocycles. The van der Waals surface area contributed by atoms with Gasteiger partial charge in [0, 0.05) is 38.8 Å². The molecule has 0 aliphatic heterocycles. The first kappa shape index (κ1) is 24.3. The van der Waals surface area contributed by atoms with Gasteiger partial charge in [0.1, 0.15) is 22.3 Å². The minimum absolute atomic E-state index is 0.807. The third-order valence-corrected chi connectivity index (χ3v) is 9.05.